The fourth-order valence-corrected chi connectivity index (χ4v) is 4.93. The smallest absolute Gasteiger partial charge is 0.243 e. The third kappa shape index (κ3) is 9.06. The molecule has 4 nitrogen and oxygen atoms in total. The van der Waals surface area contributed by atoms with Crippen LogP contribution in [0.2, 0.25) is 10.0 Å². The van der Waals surface area contributed by atoms with Crippen molar-refractivity contribution in [2.24, 2.45) is 0 Å². The van der Waals surface area contributed by atoms with E-state index in [9.17, 15) is 14.0 Å². The van der Waals surface area contributed by atoms with Crippen molar-refractivity contribution in [2.75, 3.05) is 5.75 Å². The second kappa shape index (κ2) is 14.4. The molecule has 2 atom stereocenters. The summed E-state index contributed by atoms with van der Waals surface area (Å²) in [6, 6.07) is 20.3. The van der Waals surface area contributed by atoms with Gasteiger partial charge in [-0.3, -0.25) is 9.59 Å². The minimum atomic E-state index is -0.723. The van der Waals surface area contributed by atoms with Crippen molar-refractivity contribution in [3.63, 3.8) is 0 Å². The third-order valence-corrected chi connectivity index (χ3v) is 7.74. The molecule has 0 aliphatic heterocycles. The van der Waals surface area contributed by atoms with Gasteiger partial charge in [0, 0.05) is 24.8 Å². The number of hydrogen-bond acceptors (Lipinski definition) is 3. The highest BCUT2D eigenvalue weighted by Gasteiger charge is 2.30. The number of benzene rings is 3. The third-order valence-electron chi connectivity index (χ3n) is 6.02. The van der Waals surface area contributed by atoms with E-state index in [1.807, 2.05) is 50.2 Å². The molecule has 0 saturated heterocycles. The lowest BCUT2D eigenvalue weighted by Crippen LogP contribution is -2.52. The Hall–Kier alpha value is -2.54. The molecule has 0 spiro atoms. The predicted octanol–water partition coefficient (Wildman–Crippen LogP) is 6.92. The molecule has 1 N–H and O–H groups in total. The maximum Gasteiger partial charge on any atom is 0.243 e. The molecule has 3 aromatic rings. The van der Waals surface area contributed by atoms with E-state index < -0.39 is 6.04 Å². The molecule has 0 unspecified atom stereocenters. The number of thioether (sulfide) groups is 1. The minimum Gasteiger partial charge on any atom is -0.352 e. The van der Waals surface area contributed by atoms with E-state index >= 15 is 0 Å². The van der Waals surface area contributed by atoms with E-state index in [0.717, 1.165) is 23.1 Å². The number of nitrogens with zero attached hydrogens (tertiary/aromatic N) is 1. The van der Waals surface area contributed by atoms with Crippen molar-refractivity contribution in [2.45, 2.75) is 51.1 Å². The van der Waals surface area contributed by atoms with Crippen LogP contribution < -0.4 is 5.32 Å². The molecule has 2 amide bonds. The number of nitrogens with one attached hydrogen (secondary N) is 1. The molecule has 0 aromatic heterocycles. The summed E-state index contributed by atoms with van der Waals surface area (Å²) >= 11 is 13.6. The van der Waals surface area contributed by atoms with Crippen molar-refractivity contribution in [1.29, 1.82) is 0 Å². The van der Waals surface area contributed by atoms with Crippen molar-refractivity contribution in [3.8, 4) is 0 Å². The summed E-state index contributed by atoms with van der Waals surface area (Å²) in [5, 5.41) is 3.99. The topological polar surface area (TPSA) is 49.4 Å². The molecule has 0 heterocycles. The first-order valence-electron chi connectivity index (χ1n) is 12.2. The molecule has 0 aliphatic rings. The van der Waals surface area contributed by atoms with Crippen LogP contribution in [0.5, 0.6) is 0 Å². The SMILES string of the molecule is CC[C@@H](C)NC(=O)[C@H](Cc1ccccc1)N(Cc1ccc(F)cc1)C(=O)CSCc1ccc(Cl)c(Cl)c1. The number of carbonyl (C=O) groups excluding carboxylic acids is 2. The van der Waals surface area contributed by atoms with Crippen LogP contribution in [-0.2, 0) is 28.3 Å². The van der Waals surface area contributed by atoms with E-state index in [1.54, 1.807) is 29.2 Å². The Morgan fingerprint density at radius 3 is 2.27 bits per heavy atom. The van der Waals surface area contributed by atoms with E-state index in [1.165, 1.54) is 23.9 Å². The lowest BCUT2D eigenvalue weighted by molar-refractivity contribution is -0.139. The molecule has 0 bridgehead atoms. The molecule has 37 heavy (non-hydrogen) atoms. The van der Waals surface area contributed by atoms with Gasteiger partial charge < -0.3 is 10.2 Å². The van der Waals surface area contributed by atoms with E-state index in [-0.39, 0.29) is 36.0 Å². The number of rotatable bonds is 12. The van der Waals surface area contributed by atoms with Gasteiger partial charge in [0.05, 0.1) is 15.8 Å². The van der Waals surface area contributed by atoms with Crippen molar-refractivity contribution in [1.82, 2.24) is 10.2 Å². The van der Waals surface area contributed by atoms with Crippen molar-refractivity contribution >= 4 is 46.8 Å². The zero-order chi connectivity index (χ0) is 26.8. The summed E-state index contributed by atoms with van der Waals surface area (Å²) in [4.78, 5) is 28.7. The van der Waals surface area contributed by atoms with Gasteiger partial charge in [-0.1, -0.05) is 78.7 Å². The van der Waals surface area contributed by atoms with Crippen LogP contribution in [0, 0.1) is 5.82 Å². The molecule has 0 radical (unpaired) electrons. The standard InChI is InChI=1S/C29H31Cl2FN2O2S/c1-3-20(2)33-29(36)27(16-21-7-5-4-6-8-21)34(17-22-9-12-24(32)13-10-22)28(35)19-37-18-23-11-14-25(30)26(31)15-23/h4-15,20,27H,3,16-19H2,1-2H3,(H,33,36)/t20-,27+/m1/s1. The highest BCUT2D eigenvalue weighted by atomic mass is 35.5. The Morgan fingerprint density at radius 1 is 0.946 bits per heavy atom. The molecule has 3 rings (SSSR count). The van der Waals surface area contributed by atoms with Gasteiger partial charge in [0.1, 0.15) is 11.9 Å². The maximum atomic E-state index is 13.6. The zero-order valence-electron chi connectivity index (χ0n) is 20.9. The van der Waals surface area contributed by atoms with Gasteiger partial charge in [0.25, 0.3) is 0 Å². The number of hydrogen-bond donors (Lipinski definition) is 1. The van der Waals surface area contributed by atoms with Crippen molar-refractivity contribution in [3.05, 3.63) is 105 Å². The Bertz CT molecular complexity index is 1180. The summed E-state index contributed by atoms with van der Waals surface area (Å²) in [6.07, 6.45) is 1.14. The van der Waals surface area contributed by atoms with Gasteiger partial charge in [-0.2, -0.15) is 0 Å². The minimum absolute atomic E-state index is 0.0300. The highest BCUT2D eigenvalue weighted by molar-refractivity contribution is 7.99. The van der Waals surface area contributed by atoms with Crippen LogP contribution in [-0.4, -0.2) is 34.6 Å². The quantitative estimate of drug-likeness (QED) is 0.261. The molecule has 3 aromatic carbocycles. The molecule has 8 heteroatoms. The van der Waals surface area contributed by atoms with Crippen LogP contribution in [0.25, 0.3) is 0 Å². The maximum absolute atomic E-state index is 13.6. The highest BCUT2D eigenvalue weighted by Crippen LogP contribution is 2.25. The van der Waals surface area contributed by atoms with E-state index in [0.29, 0.717) is 22.2 Å². The van der Waals surface area contributed by atoms with Gasteiger partial charge in [-0.15, -0.1) is 11.8 Å². The Labute approximate surface area is 232 Å². The summed E-state index contributed by atoms with van der Waals surface area (Å²) in [6.45, 7) is 4.13. The predicted molar refractivity (Wildman–Crippen MR) is 151 cm³/mol. The van der Waals surface area contributed by atoms with Crippen molar-refractivity contribution < 1.29 is 14.0 Å². The Balaban J connectivity index is 1.84. The molecule has 196 valence electrons. The molecular weight excluding hydrogens is 530 g/mol. The van der Waals surface area contributed by atoms with Gasteiger partial charge >= 0.3 is 0 Å². The average molecular weight is 562 g/mol. The van der Waals surface area contributed by atoms with Crippen LogP contribution in [0.4, 0.5) is 4.39 Å². The summed E-state index contributed by atoms with van der Waals surface area (Å²) in [5.74, 6) is 0.00519. The number of carbonyl (C=O) groups is 2. The Morgan fingerprint density at radius 2 is 1.62 bits per heavy atom. The van der Waals surface area contributed by atoms with E-state index in [4.69, 9.17) is 23.2 Å². The molecule has 0 fully saturated rings. The first-order valence-corrected chi connectivity index (χ1v) is 14.1. The van der Waals surface area contributed by atoms with Crippen LogP contribution >= 0.6 is 35.0 Å². The Kier molecular flexibility index (Phi) is 11.3. The van der Waals surface area contributed by atoms with Gasteiger partial charge in [-0.25, -0.2) is 4.39 Å². The molecular formula is C29H31Cl2FN2O2S. The van der Waals surface area contributed by atoms with Crippen LogP contribution in [0.15, 0.2) is 72.8 Å². The van der Waals surface area contributed by atoms with E-state index in [2.05, 4.69) is 5.32 Å². The van der Waals surface area contributed by atoms with Gasteiger partial charge in [-0.05, 0) is 54.3 Å². The largest absolute Gasteiger partial charge is 0.352 e. The number of amides is 2. The van der Waals surface area contributed by atoms with Crippen LogP contribution in [0.1, 0.15) is 37.0 Å². The van der Waals surface area contributed by atoms with Gasteiger partial charge in [0.15, 0.2) is 0 Å². The first kappa shape index (κ1) is 29.0. The first-order chi connectivity index (χ1) is 17.8. The van der Waals surface area contributed by atoms with Crippen LogP contribution in [0.3, 0.4) is 0 Å². The normalized spacial score (nSPS) is 12.6. The monoisotopic (exact) mass is 560 g/mol. The van der Waals surface area contributed by atoms with Gasteiger partial charge in [0.2, 0.25) is 11.8 Å². The molecule has 0 saturated carbocycles. The summed E-state index contributed by atoms with van der Waals surface area (Å²) in [5.41, 5.74) is 2.65. The lowest BCUT2D eigenvalue weighted by Gasteiger charge is -2.32. The average Bonchev–Trinajstić information content (AvgIpc) is 2.89. The summed E-state index contributed by atoms with van der Waals surface area (Å²) < 4.78 is 13.6. The second-order valence-corrected chi connectivity index (χ2v) is 10.7. The fraction of sp³-hybridized carbons (Fsp3) is 0.310. The zero-order valence-corrected chi connectivity index (χ0v) is 23.3. The fourth-order valence-electron chi connectivity index (χ4n) is 3.75. The second-order valence-electron chi connectivity index (χ2n) is 8.91. The summed E-state index contributed by atoms with van der Waals surface area (Å²) in [7, 11) is 0. The lowest BCUT2D eigenvalue weighted by atomic mass is 10.0. The number of halogens is 3. The molecule has 0 aliphatic carbocycles.